The fourth-order valence-electron chi connectivity index (χ4n) is 2.00. The molecule has 1 heterocycles. The van der Waals surface area contributed by atoms with Gasteiger partial charge in [0.2, 0.25) is 0 Å². The molecule has 0 aromatic carbocycles. The first-order chi connectivity index (χ1) is 9.78. The second-order valence-corrected chi connectivity index (χ2v) is 7.69. The fourth-order valence-corrected chi connectivity index (χ4v) is 3.70. The van der Waals surface area contributed by atoms with Gasteiger partial charge in [-0.05, 0) is 27.1 Å². The van der Waals surface area contributed by atoms with E-state index in [4.69, 9.17) is 0 Å². The molecule has 0 saturated carbocycles. The number of sulfonamides is 1. The summed E-state index contributed by atoms with van der Waals surface area (Å²) in [6, 6.07) is 0. The Morgan fingerprint density at radius 3 is 2.52 bits per heavy atom. The number of H-pyrrole nitrogens is 1. The van der Waals surface area contributed by atoms with Crippen LogP contribution >= 0.6 is 0 Å². The highest BCUT2D eigenvalue weighted by Crippen LogP contribution is 2.18. The third-order valence-electron chi connectivity index (χ3n) is 3.01. The molecule has 0 saturated heterocycles. The van der Waals surface area contributed by atoms with Gasteiger partial charge in [0.25, 0.3) is 10.0 Å². The van der Waals surface area contributed by atoms with E-state index in [1.807, 2.05) is 32.8 Å². The van der Waals surface area contributed by atoms with Crippen LogP contribution in [0.15, 0.2) is 11.2 Å². The minimum atomic E-state index is -3.55. The number of hydrogen-bond acceptors (Lipinski definition) is 5. The van der Waals surface area contributed by atoms with Crippen LogP contribution in [-0.4, -0.2) is 68.6 Å². The van der Waals surface area contributed by atoms with Crippen LogP contribution in [0.1, 0.15) is 19.4 Å². The summed E-state index contributed by atoms with van der Waals surface area (Å²) < 4.78 is 27.2. The van der Waals surface area contributed by atoms with Crippen LogP contribution in [0.2, 0.25) is 0 Å². The van der Waals surface area contributed by atoms with Gasteiger partial charge in [-0.25, -0.2) is 8.42 Å². The van der Waals surface area contributed by atoms with E-state index in [9.17, 15) is 8.42 Å². The van der Waals surface area contributed by atoms with Gasteiger partial charge in [-0.1, -0.05) is 13.8 Å². The van der Waals surface area contributed by atoms with Crippen LogP contribution in [0.25, 0.3) is 0 Å². The molecule has 0 fully saturated rings. The SMILES string of the molecule is CNCc1cn[nH]c1S(=O)(=O)N(CCN(C)C)CC(C)C. The van der Waals surface area contributed by atoms with Gasteiger partial charge in [0, 0.05) is 31.7 Å². The Morgan fingerprint density at radius 2 is 2.00 bits per heavy atom. The molecule has 0 bridgehead atoms. The summed E-state index contributed by atoms with van der Waals surface area (Å²) in [5, 5.41) is 9.67. The summed E-state index contributed by atoms with van der Waals surface area (Å²) in [5.41, 5.74) is 0.663. The number of likely N-dealkylation sites (N-methyl/N-ethyl adjacent to an activating group) is 1. The second-order valence-electron chi connectivity index (χ2n) is 5.81. The lowest BCUT2D eigenvalue weighted by Gasteiger charge is -2.25. The third kappa shape index (κ3) is 5.06. The molecule has 1 aromatic heterocycles. The Balaban J connectivity index is 3.04. The highest BCUT2D eigenvalue weighted by Gasteiger charge is 2.28. The van der Waals surface area contributed by atoms with Crippen LogP contribution in [0.3, 0.4) is 0 Å². The average Bonchev–Trinajstić information content (AvgIpc) is 2.83. The number of rotatable bonds is 9. The largest absolute Gasteiger partial charge is 0.316 e. The van der Waals surface area contributed by atoms with Gasteiger partial charge >= 0.3 is 0 Å². The van der Waals surface area contributed by atoms with E-state index in [1.54, 1.807) is 13.2 Å². The molecule has 0 aliphatic rings. The van der Waals surface area contributed by atoms with Gasteiger partial charge in [0.15, 0.2) is 5.03 Å². The quantitative estimate of drug-likeness (QED) is 0.686. The first-order valence-electron chi connectivity index (χ1n) is 7.10. The number of nitrogens with zero attached hydrogens (tertiary/aromatic N) is 3. The normalized spacial score (nSPS) is 12.8. The molecule has 2 N–H and O–H groups in total. The van der Waals surface area contributed by atoms with E-state index in [1.165, 1.54) is 4.31 Å². The van der Waals surface area contributed by atoms with Crippen LogP contribution in [0.5, 0.6) is 0 Å². The van der Waals surface area contributed by atoms with E-state index in [0.717, 1.165) is 0 Å². The molecule has 1 aromatic rings. The summed E-state index contributed by atoms with van der Waals surface area (Å²) in [4.78, 5) is 1.98. The smallest absolute Gasteiger partial charge is 0.260 e. The van der Waals surface area contributed by atoms with Crippen molar-refractivity contribution in [3.05, 3.63) is 11.8 Å². The molecule has 21 heavy (non-hydrogen) atoms. The number of nitrogens with one attached hydrogen (secondary N) is 2. The highest BCUT2D eigenvalue weighted by molar-refractivity contribution is 7.89. The van der Waals surface area contributed by atoms with Crippen molar-refractivity contribution in [3.8, 4) is 0 Å². The van der Waals surface area contributed by atoms with E-state index >= 15 is 0 Å². The topological polar surface area (TPSA) is 81.3 Å². The molecule has 1 rings (SSSR count). The first kappa shape index (κ1) is 18.1. The van der Waals surface area contributed by atoms with Gasteiger partial charge in [-0.15, -0.1) is 0 Å². The maximum atomic E-state index is 12.8. The van der Waals surface area contributed by atoms with Crippen LogP contribution in [-0.2, 0) is 16.6 Å². The molecule has 8 heteroatoms. The fraction of sp³-hybridized carbons (Fsp3) is 0.769. The first-order valence-corrected chi connectivity index (χ1v) is 8.54. The molecular formula is C13H27N5O2S. The second kappa shape index (κ2) is 7.88. The van der Waals surface area contributed by atoms with Gasteiger partial charge in [0.05, 0.1) is 6.20 Å². The Labute approximate surface area is 127 Å². The van der Waals surface area contributed by atoms with E-state index in [0.29, 0.717) is 31.7 Å². The Morgan fingerprint density at radius 1 is 1.33 bits per heavy atom. The molecular weight excluding hydrogens is 290 g/mol. The molecule has 0 aliphatic heterocycles. The lowest BCUT2D eigenvalue weighted by molar-refractivity contribution is 0.312. The molecule has 0 amide bonds. The van der Waals surface area contributed by atoms with Crippen molar-refractivity contribution in [1.82, 2.24) is 24.7 Å². The van der Waals surface area contributed by atoms with E-state index < -0.39 is 10.0 Å². The molecule has 0 spiro atoms. The van der Waals surface area contributed by atoms with Crippen LogP contribution in [0.4, 0.5) is 0 Å². The maximum Gasteiger partial charge on any atom is 0.260 e. The molecule has 7 nitrogen and oxygen atoms in total. The lowest BCUT2D eigenvalue weighted by atomic mass is 10.2. The third-order valence-corrected chi connectivity index (χ3v) is 4.89. The predicted octanol–water partition coefficient (Wildman–Crippen LogP) is 0.337. The van der Waals surface area contributed by atoms with Crippen molar-refractivity contribution >= 4 is 10.0 Å². The zero-order valence-corrected chi connectivity index (χ0v) is 14.4. The Bertz CT molecular complexity index is 524. The minimum absolute atomic E-state index is 0.191. The molecule has 0 unspecified atom stereocenters. The Hall–Kier alpha value is -0.960. The van der Waals surface area contributed by atoms with Crippen molar-refractivity contribution in [3.63, 3.8) is 0 Å². The monoisotopic (exact) mass is 317 g/mol. The van der Waals surface area contributed by atoms with Gasteiger partial charge in [-0.3, -0.25) is 5.10 Å². The lowest BCUT2D eigenvalue weighted by Crippen LogP contribution is -2.39. The molecule has 0 atom stereocenters. The van der Waals surface area contributed by atoms with Crippen molar-refractivity contribution in [2.45, 2.75) is 25.4 Å². The number of hydrogen-bond donors (Lipinski definition) is 2. The van der Waals surface area contributed by atoms with E-state index in [-0.39, 0.29) is 10.9 Å². The summed E-state index contributed by atoms with van der Waals surface area (Å²) >= 11 is 0. The van der Waals surface area contributed by atoms with Gasteiger partial charge in [0.1, 0.15) is 0 Å². The zero-order chi connectivity index (χ0) is 16.0. The van der Waals surface area contributed by atoms with Crippen molar-refractivity contribution in [2.75, 3.05) is 40.8 Å². The van der Waals surface area contributed by atoms with Gasteiger partial charge in [-0.2, -0.15) is 9.40 Å². The average molecular weight is 317 g/mol. The zero-order valence-electron chi connectivity index (χ0n) is 13.5. The predicted molar refractivity (Wildman–Crippen MR) is 83.5 cm³/mol. The summed E-state index contributed by atoms with van der Waals surface area (Å²) in [7, 11) is 2.09. The molecule has 0 radical (unpaired) electrons. The van der Waals surface area contributed by atoms with Crippen molar-refractivity contribution < 1.29 is 8.42 Å². The van der Waals surface area contributed by atoms with Gasteiger partial charge < -0.3 is 10.2 Å². The minimum Gasteiger partial charge on any atom is -0.316 e. The molecule has 0 aliphatic carbocycles. The Kier molecular flexibility index (Phi) is 6.79. The maximum absolute atomic E-state index is 12.8. The van der Waals surface area contributed by atoms with Crippen molar-refractivity contribution in [2.24, 2.45) is 5.92 Å². The summed E-state index contributed by atoms with van der Waals surface area (Å²) in [5.74, 6) is 0.262. The van der Waals surface area contributed by atoms with Crippen LogP contribution < -0.4 is 5.32 Å². The molecule has 122 valence electrons. The highest BCUT2D eigenvalue weighted by atomic mass is 32.2. The number of aromatic nitrogens is 2. The van der Waals surface area contributed by atoms with Crippen molar-refractivity contribution in [1.29, 1.82) is 0 Å². The number of aromatic amines is 1. The summed E-state index contributed by atoms with van der Waals surface area (Å²) in [6.45, 7) is 6.13. The van der Waals surface area contributed by atoms with Crippen LogP contribution in [0, 0.1) is 5.92 Å². The van der Waals surface area contributed by atoms with E-state index in [2.05, 4.69) is 15.5 Å². The standard InChI is InChI=1S/C13H27N5O2S/c1-11(2)10-18(7-6-17(4)5)21(19,20)13-12(8-14-3)9-15-16-13/h9,11,14H,6-8,10H2,1-5H3,(H,15,16). The summed E-state index contributed by atoms with van der Waals surface area (Å²) in [6.07, 6.45) is 1.56.